The minimum absolute atomic E-state index is 0.0880. The molecule has 19 nitrogen and oxygen atoms in total. The van der Waals surface area contributed by atoms with Crippen molar-refractivity contribution >= 4 is 45.2 Å². The molecule has 0 bridgehead atoms. The summed E-state index contributed by atoms with van der Waals surface area (Å²) in [7, 11) is -3.23. The first-order valence-corrected chi connectivity index (χ1v) is 15.5. The molecule has 3 aromatic rings. The Morgan fingerprint density at radius 1 is 1.00 bits per heavy atom. The Morgan fingerprint density at radius 3 is 2.16 bits per heavy atom. The van der Waals surface area contributed by atoms with Gasteiger partial charge in [0.15, 0.2) is 39.8 Å². The molecule has 0 aliphatic carbocycles. The number of nitrogens with zero attached hydrogens (tertiary/aromatic N) is 5. The van der Waals surface area contributed by atoms with Gasteiger partial charge in [0.05, 0.1) is 12.9 Å². The van der Waals surface area contributed by atoms with Crippen LogP contribution in [0.4, 0.5) is 13.2 Å². The van der Waals surface area contributed by atoms with Crippen molar-refractivity contribution in [1.29, 1.82) is 0 Å². The van der Waals surface area contributed by atoms with Crippen LogP contribution in [0.3, 0.4) is 0 Å². The maximum absolute atomic E-state index is 12.9. The van der Waals surface area contributed by atoms with Crippen molar-refractivity contribution in [1.82, 2.24) is 18.7 Å². The number of hydrogen-bond acceptors (Lipinski definition) is 15. The second kappa shape index (κ2) is 15.6. The third kappa shape index (κ3) is 9.29. The number of rotatable bonds is 9. The molecule has 1 aliphatic heterocycles. The highest BCUT2D eigenvalue weighted by Gasteiger charge is 2.54. The third-order valence-corrected chi connectivity index (χ3v) is 7.33. The second-order valence-corrected chi connectivity index (χ2v) is 11.8. The fourth-order valence-corrected chi connectivity index (χ4v) is 4.59. The van der Waals surface area contributed by atoms with Crippen LogP contribution in [-0.4, -0.2) is 92.6 Å². The van der Waals surface area contributed by atoms with Crippen LogP contribution in [0, 0.1) is 0 Å². The van der Waals surface area contributed by atoms with Gasteiger partial charge in [-0.05, 0) is 6.07 Å². The Bertz CT molecular complexity index is 2010. The van der Waals surface area contributed by atoms with Crippen LogP contribution in [0.2, 0.25) is 0 Å². The molecule has 0 unspecified atom stereocenters. The number of halogens is 3. The first kappa shape index (κ1) is 39.3. The maximum Gasteiger partial charge on any atom is 0.485 e. The van der Waals surface area contributed by atoms with Crippen LogP contribution in [0.25, 0.3) is 11.2 Å². The molecular formula is C27H30F3N5O14S. The largest absolute Gasteiger partial charge is 0.741 e. The van der Waals surface area contributed by atoms with Crippen LogP contribution in [0.1, 0.15) is 37.4 Å². The standard InChI is InChI=1S/C26H30N5O11.CHF3O3S/c1-14(32)39-12-18-20(40-15(2)33)21(41-16(3)34)24(42-18)30-8-6-7-17(11-30)25(36)38-10-9-31-13-27-22-19(31)23(35)29(5)26(37)28(22)4;2-1(3,4)8(5,6)7/h6-8,11,13,18,20-21,24H,9-10,12H2,1-5H3;(H,5,6,7)/q+1;/p-1/t18-,20-,21-,24-;/m1./s1. The second-order valence-electron chi connectivity index (χ2n) is 10.4. The van der Waals surface area contributed by atoms with Crippen LogP contribution < -0.4 is 15.8 Å². The summed E-state index contributed by atoms with van der Waals surface area (Å²) in [5.74, 6) is -2.62. The molecule has 0 spiro atoms. The number of fused-ring (bicyclic) bond motifs is 1. The molecule has 50 heavy (non-hydrogen) atoms. The lowest BCUT2D eigenvalue weighted by Crippen LogP contribution is -2.48. The van der Waals surface area contributed by atoms with E-state index in [4.69, 9.17) is 36.7 Å². The summed E-state index contributed by atoms with van der Waals surface area (Å²) in [6.45, 7) is 3.25. The van der Waals surface area contributed by atoms with Crippen molar-refractivity contribution in [2.75, 3.05) is 13.2 Å². The van der Waals surface area contributed by atoms with Crippen molar-refractivity contribution in [2.24, 2.45) is 14.1 Å². The van der Waals surface area contributed by atoms with Crippen LogP contribution >= 0.6 is 0 Å². The van der Waals surface area contributed by atoms with Crippen LogP contribution in [0.5, 0.6) is 0 Å². The van der Waals surface area contributed by atoms with Crippen molar-refractivity contribution in [3.63, 3.8) is 0 Å². The highest BCUT2D eigenvalue weighted by Crippen LogP contribution is 2.31. The molecule has 0 aromatic carbocycles. The number of alkyl halides is 3. The Balaban J connectivity index is 0.000000753. The summed E-state index contributed by atoms with van der Waals surface area (Å²) in [4.78, 5) is 76.9. The predicted molar refractivity (Wildman–Crippen MR) is 155 cm³/mol. The number of aromatic nitrogens is 5. The molecule has 4 rings (SSSR count). The number of imidazole rings is 1. The molecule has 0 amide bonds. The maximum atomic E-state index is 12.9. The highest BCUT2D eigenvalue weighted by molar-refractivity contribution is 7.86. The van der Waals surface area contributed by atoms with Crippen molar-refractivity contribution in [2.45, 2.75) is 57.4 Å². The van der Waals surface area contributed by atoms with Crippen LogP contribution in [-0.2, 0) is 68.8 Å². The number of ether oxygens (including phenoxy) is 5. The average Bonchev–Trinajstić information content (AvgIpc) is 3.58. The molecule has 0 radical (unpaired) electrons. The lowest BCUT2D eigenvalue weighted by Gasteiger charge is -2.21. The zero-order valence-corrected chi connectivity index (χ0v) is 27.6. The molecular weight excluding hydrogens is 707 g/mol. The van der Waals surface area contributed by atoms with E-state index in [9.17, 15) is 41.9 Å². The normalized spacial score (nSPS) is 18.9. The van der Waals surface area contributed by atoms with Gasteiger partial charge in [0, 0.05) is 40.9 Å². The number of pyridine rings is 1. The fourth-order valence-electron chi connectivity index (χ4n) is 4.59. The Morgan fingerprint density at radius 2 is 1.60 bits per heavy atom. The zero-order valence-electron chi connectivity index (χ0n) is 26.8. The molecule has 4 atom stereocenters. The predicted octanol–water partition coefficient (Wildman–Crippen LogP) is -1.05. The van der Waals surface area contributed by atoms with Gasteiger partial charge in [-0.1, -0.05) is 0 Å². The van der Waals surface area contributed by atoms with Gasteiger partial charge in [-0.3, -0.25) is 28.3 Å². The van der Waals surface area contributed by atoms with Crippen LogP contribution in [0.15, 0.2) is 40.4 Å². The molecule has 1 aliphatic rings. The van der Waals surface area contributed by atoms with Gasteiger partial charge in [0.1, 0.15) is 24.9 Å². The Labute approximate surface area is 279 Å². The van der Waals surface area contributed by atoms with Gasteiger partial charge in [0.2, 0.25) is 6.10 Å². The minimum Gasteiger partial charge on any atom is -0.741 e. The summed E-state index contributed by atoms with van der Waals surface area (Å²) in [6.07, 6.45) is 0.0929. The molecule has 23 heteroatoms. The summed E-state index contributed by atoms with van der Waals surface area (Å²) in [5.41, 5.74) is -6.18. The Kier molecular flexibility index (Phi) is 12.2. The highest BCUT2D eigenvalue weighted by atomic mass is 32.2. The zero-order chi connectivity index (χ0) is 37.7. The number of esters is 4. The minimum atomic E-state index is -6.09. The van der Waals surface area contributed by atoms with Gasteiger partial charge >= 0.3 is 41.3 Å². The first-order chi connectivity index (χ1) is 23.1. The lowest BCUT2D eigenvalue weighted by atomic mass is 10.1. The van der Waals surface area contributed by atoms with Gasteiger partial charge in [-0.2, -0.15) is 17.7 Å². The van der Waals surface area contributed by atoms with Crippen molar-refractivity contribution in [3.05, 3.63) is 57.3 Å². The van der Waals surface area contributed by atoms with Gasteiger partial charge in [-0.25, -0.2) is 23.0 Å². The third-order valence-electron chi connectivity index (χ3n) is 6.76. The van der Waals surface area contributed by atoms with Crippen molar-refractivity contribution in [3.8, 4) is 0 Å². The molecule has 1 saturated heterocycles. The molecule has 0 N–H and O–H groups in total. The SMILES string of the molecule is CC(=O)OC[C@H]1O[C@@H]([n+]2cccc(C(=O)OCCn3cnc4c3c(=O)n(C)c(=O)n4C)c2)[C@H](OC(C)=O)[C@@H]1OC(C)=O.O=S(=O)([O-])C(F)(F)F. The van der Waals surface area contributed by atoms with E-state index < -0.39 is 75.3 Å². The van der Waals surface area contributed by atoms with E-state index in [1.807, 2.05) is 0 Å². The van der Waals surface area contributed by atoms with E-state index in [0.29, 0.717) is 0 Å². The van der Waals surface area contributed by atoms with Gasteiger partial charge in [-0.15, -0.1) is 0 Å². The van der Waals surface area contributed by atoms with Crippen molar-refractivity contribution < 1.29 is 73.6 Å². The van der Waals surface area contributed by atoms with E-state index in [-0.39, 0.29) is 36.5 Å². The van der Waals surface area contributed by atoms with E-state index in [1.54, 1.807) is 12.3 Å². The molecule has 274 valence electrons. The molecule has 1 fully saturated rings. The quantitative estimate of drug-likeness (QED) is 0.0838. The van der Waals surface area contributed by atoms with Gasteiger partial charge < -0.3 is 32.8 Å². The molecule has 0 saturated carbocycles. The summed E-state index contributed by atoms with van der Waals surface area (Å²) >= 11 is 0. The first-order valence-electron chi connectivity index (χ1n) is 14.1. The monoisotopic (exact) mass is 737 g/mol. The lowest BCUT2D eigenvalue weighted by molar-refractivity contribution is -0.765. The summed E-state index contributed by atoms with van der Waals surface area (Å²) in [6, 6.07) is 3.03. The average molecular weight is 738 g/mol. The van der Waals surface area contributed by atoms with E-state index >= 15 is 0 Å². The number of carbonyl (C=O) groups excluding carboxylic acids is 4. The summed E-state index contributed by atoms with van der Waals surface area (Å²) in [5, 5.41) is 0. The number of aryl methyl sites for hydroxylation is 1. The number of hydrogen-bond donors (Lipinski definition) is 0. The summed E-state index contributed by atoms with van der Waals surface area (Å²) < 4.78 is 91.3. The number of carbonyl (C=O) groups is 4. The van der Waals surface area contributed by atoms with E-state index in [2.05, 4.69) is 4.98 Å². The van der Waals surface area contributed by atoms with Gasteiger partial charge in [0.25, 0.3) is 5.56 Å². The smallest absolute Gasteiger partial charge is 0.485 e. The van der Waals surface area contributed by atoms with E-state index in [0.717, 1.165) is 4.57 Å². The van der Waals surface area contributed by atoms with E-state index in [1.165, 1.54) is 67.2 Å². The topological polar surface area (TPSA) is 237 Å². The molecule has 4 heterocycles. The fraction of sp³-hybridized carbons (Fsp3) is 0.481. The Hall–Kier alpha value is -5.16. The molecule has 3 aromatic heterocycles.